The average Bonchev–Trinajstić information content (AvgIpc) is 2.74. The summed E-state index contributed by atoms with van der Waals surface area (Å²) in [4.78, 5) is 19.2. The summed E-state index contributed by atoms with van der Waals surface area (Å²) in [6, 6.07) is 0. The van der Waals surface area contributed by atoms with Gasteiger partial charge in [0.1, 0.15) is 0 Å². The lowest BCUT2D eigenvalue weighted by atomic mass is 10.3. The smallest absolute Gasteiger partial charge is 0.330 e. The van der Waals surface area contributed by atoms with E-state index in [0.717, 1.165) is 25.7 Å². The Labute approximate surface area is 207 Å². The van der Waals surface area contributed by atoms with Crippen LogP contribution < -0.4 is 0 Å². The average molecular weight is 533 g/mol. The van der Waals surface area contributed by atoms with E-state index in [-0.39, 0.29) is 37.4 Å². The topological polar surface area (TPSA) is 202 Å². The molecule has 0 aliphatic carbocycles. The van der Waals surface area contributed by atoms with Crippen LogP contribution >= 0.6 is 0 Å². The number of rotatable bonds is 14. The number of nitrogens with zero attached hydrogens (tertiary/aromatic N) is 2. The molecule has 0 spiro atoms. The summed E-state index contributed by atoms with van der Waals surface area (Å²) < 4.78 is 44.1. The third kappa shape index (κ3) is 32.7. The second kappa shape index (κ2) is 27.7. The minimum Gasteiger partial charge on any atom is -0.760 e. The molecule has 34 heavy (non-hydrogen) atoms. The quantitative estimate of drug-likeness (QED) is 0.185. The minimum atomic E-state index is -2.18. The molecule has 14 heteroatoms. The lowest BCUT2D eigenvalue weighted by Gasteiger charge is -2.22. The van der Waals surface area contributed by atoms with Crippen LogP contribution in [0.3, 0.4) is 0 Å². The number of hydrogen-bond acceptors (Lipinski definition) is 8. The molecule has 0 rings (SSSR count). The number of carboxylic acids is 2. The molecule has 4 N–H and O–H groups in total. The molecule has 0 heterocycles. The number of carboxylic acid groups (broad SMARTS) is 2. The zero-order valence-corrected chi connectivity index (χ0v) is 22.1. The van der Waals surface area contributed by atoms with Crippen LogP contribution in [0.2, 0.25) is 0 Å². The van der Waals surface area contributed by atoms with Crippen LogP contribution in [0, 0.1) is 0 Å². The fourth-order valence-corrected chi connectivity index (χ4v) is 2.43. The van der Waals surface area contributed by atoms with Gasteiger partial charge in [0.15, 0.2) is 0 Å². The highest BCUT2D eigenvalue weighted by molar-refractivity contribution is 7.76. The Balaban J connectivity index is -0.000000184. The van der Waals surface area contributed by atoms with Gasteiger partial charge in [-0.15, -0.1) is 0 Å². The Hall–Kier alpha value is -1.52. The van der Waals surface area contributed by atoms with E-state index in [1.807, 2.05) is 13.8 Å². The van der Waals surface area contributed by atoms with Gasteiger partial charge >= 0.3 is 11.9 Å². The Kier molecular flexibility index (Phi) is 32.4. The number of unbranched alkanes of at least 4 members (excludes halogenated alkanes) is 2. The molecule has 0 amide bonds. The summed E-state index contributed by atoms with van der Waals surface area (Å²) in [5, 5.41) is 32.7. The monoisotopic (exact) mass is 532 g/mol. The van der Waals surface area contributed by atoms with Crippen molar-refractivity contribution in [2.24, 2.45) is 0 Å². The van der Waals surface area contributed by atoms with Gasteiger partial charge in [-0.2, -0.15) is 0 Å². The molecule has 0 aromatic heterocycles. The van der Waals surface area contributed by atoms with E-state index in [9.17, 15) is 27.1 Å². The van der Waals surface area contributed by atoms with Gasteiger partial charge in [0, 0.05) is 59.9 Å². The number of aliphatic carboxylic acids is 2. The molecule has 0 radical (unpaired) electrons. The Bertz CT molecular complexity index is 542. The molecule has 2 unspecified atom stereocenters. The predicted octanol–water partition coefficient (Wildman–Crippen LogP) is 1.04. The highest BCUT2D eigenvalue weighted by Crippen LogP contribution is 1.97. The van der Waals surface area contributed by atoms with Crippen LogP contribution in [0.15, 0.2) is 24.3 Å². The van der Waals surface area contributed by atoms with Crippen molar-refractivity contribution in [3.63, 3.8) is 0 Å². The van der Waals surface area contributed by atoms with Gasteiger partial charge in [-0.05, 0) is 26.7 Å². The van der Waals surface area contributed by atoms with Crippen molar-refractivity contribution in [2.75, 3.05) is 39.4 Å². The maximum atomic E-state index is 10.4. The molecule has 0 aromatic carbocycles. The lowest BCUT2D eigenvalue weighted by Crippen LogP contribution is -2.29. The first-order chi connectivity index (χ1) is 15.7. The van der Waals surface area contributed by atoms with E-state index in [0.29, 0.717) is 13.1 Å². The molecule has 0 saturated carbocycles. The first kappa shape index (κ1) is 39.7. The fourth-order valence-electron chi connectivity index (χ4n) is 1.41. The summed E-state index contributed by atoms with van der Waals surface area (Å²) >= 11 is -4.36. The van der Waals surface area contributed by atoms with Gasteiger partial charge in [0.25, 0.3) is 0 Å². The van der Waals surface area contributed by atoms with Gasteiger partial charge in [0.2, 0.25) is 0 Å². The fraction of sp³-hybridized carbons (Fsp3) is 0.700. The van der Waals surface area contributed by atoms with Crippen molar-refractivity contribution in [2.45, 2.75) is 53.4 Å². The zero-order valence-electron chi connectivity index (χ0n) is 20.4. The summed E-state index contributed by atoms with van der Waals surface area (Å²) in [6.45, 7) is 14.4. The number of hydrogen-bond donors (Lipinski definition) is 4. The Morgan fingerprint density at radius 3 is 1.09 bits per heavy atom. The van der Waals surface area contributed by atoms with E-state index in [1.165, 1.54) is 22.5 Å². The van der Waals surface area contributed by atoms with Crippen LogP contribution in [-0.4, -0.2) is 97.9 Å². The number of aliphatic hydroxyl groups is 2. The molecule has 2 atom stereocenters. The summed E-state index contributed by atoms with van der Waals surface area (Å²) in [6.07, 6.45) is 3.60. The highest BCUT2D eigenvalue weighted by Gasteiger charge is 2.02. The Morgan fingerprint density at radius 1 is 0.735 bits per heavy atom. The molecule has 0 fully saturated rings. The van der Waals surface area contributed by atoms with E-state index in [1.54, 1.807) is 0 Å². The minimum absolute atomic E-state index is 0.113. The third-order valence-electron chi connectivity index (χ3n) is 3.37. The van der Waals surface area contributed by atoms with Crippen molar-refractivity contribution in [1.82, 2.24) is 8.61 Å². The second-order valence-electron chi connectivity index (χ2n) is 6.62. The lowest BCUT2D eigenvalue weighted by molar-refractivity contribution is -0.133. The Morgan fingerprint density at radius 2 is 0.971 bits per heavy atom. The molecule has 0 saturated heterocycles. The van der Waals surface area contributed by atoms with E-state index in [2.05, 4.69) is 13.2 Å². The van der Waals surface area contributed by atoms with Gasteiger partial charge in [-0.1, -0.05) is 39.8 Å². The zero-order chi connectivity index (χ0) is 27.7. The van der Waals surface area contributed by atoms with Crippen LogP contribution in [0.5, 0.6) is 0 Å². The molecular formula is C20H40N2O10S2-2. The summed E-state index contributed by atoms with van der Waals surface area (Å²) in [5.74, 6) is -1.87. The first-order valence-corrected chi connectivity index (χ1v) is 12.5. The van der Waals surface area contributed by atoms with Crippen molar-refractivity contribution in [1.29, 1.82) is 0 Å². The van der Waals surface area contributed by atoms with Gasteiger partial charge in [-0.3, -0.25) is 8.42 Å². The largest absolute Gasteiger partial charge is 0.760 e. The first-order valence-electron chi connectivity index (χ1n) is 10.4. The molecule has 0 aliphatic heterocycles. The maximum absolute atomic E-state index is 10.4. The molecule has 0 aliphatic rings. The van der Waals surface area contributed by atoms with Crippen molar-refractivity contribution in [3.8, 4) is 0 Å². The van der Waals surface area contributed by atoms with E-state index in [4.69, 9.17) is 20.4 Å². The predicted molar refractivity (Wildman–Crippen MR) is 130 cm³/mol. The molecule has 0 aromatic rings. The van der Waals surface area contributed by atoms with Gasteiger partial charge < -0.3 is 29.5 Å². The summed E-state index contributed by atoms with van der Waals surface area (Å²) in [5.41, 5.74) is 0.352. The molecule has 204 valence electrons. The standard InChI is InChI=1S/2C6H15NO3S.2C4H6O2/c2*1-2-3-4-7(5-6-8)11(9)10;2*1-3(2)4(5)6/h2*8H,2-6H2,1H3,(H,9,10);2*1H2,2H3,(H,5,6)/p-2. The van der Waals surface area contributed by atoms with Crippen molar-refractivity contribution in [3.05, 3.63) is 24.3 Å². The molecule has 0 bridgehead atoms. The summed E-state index contributed by atoms with van der Waals surface area (Å²) in [7, 11) is 0. The van der Waals surface area contributed by atoms with Crippen LogP contribution in [0.1, 0.15) is 53.4 Å². The van der Waals surface area contributed by atoms with Gasteiger partial charge in [-0.25, -0.2) is 18.2 Å². The van der Waals surface area contributed by atoms with Crippen LogP contribution in [0.4, 0.5) is 0 Å². The van der Waals surface area contributed by atoms with E-state index >= 15 is 0 Å². The van der Waals surface area contributed by atoms with Crippen LogP contribution in [-0.2, 0) is 32.1 Å². The maximum Gasteiger partial charge on any atom is 0.330 e. The van der Waals surface area contributed by atoms with E-state index < -0.39 is 34.5 Å². The normalized spacial score (nSPS) is 11.6. The highest BCUT2D eigenvalue weighted by atomic mass is 32.2. The second-order valence-corrected chi connectivity index (χ2v) is 8.52. The molecule has 12 nitrogen and oxygen atoms in total. The number of aliphatic hydroxyl groups excluding tert-OH is 2. The van der Waals surface area contributed by atoms with Crippen molar-refractivity contribution >= 4 is 34.5 Å². The SMILES string of the molecule is C=C(C)C(=O)O.C=C(C)C(=O)O.CCCCN(CCO)S(=O)[O-].CCCCN(CCO)S(=O)[O-]. The third-order valence-corrected chi connectivity index (χ3v) is 4.95. The van der Waals surface area contributed by atoms with Crippen LogP contribution in [0.25, 0.3) is 0 Å². The van der Waals surface area contributed by atoms with Gasteiger partial charge in [0.05, 0.1) is 13.2 Å². The van der Waals surface area contributed by atoms with Crippen molar-refractivity contribution < 1.29 is 47.5 Å². The number of carbonyl (C=O) groups is 2. The molecular weight excluding hydrogens is 492 g/mol.